The Bertz CT molecular complexity index is 552. The van der Waals surface area contributed by atoms with E-state index in [9.17, 15) is 9.59 Å². The fourth-order valence-electron chi connectivity index (χ4n) is 1.44. The highest BCUT2D eigenvalue weighted by molar-refractivity contribution is 5.86. The van der Waals surface area contributed by atoms with Crippen molar-refractivity contribution in [1.82, 2.24) is 0 Å². The van der Waals surface area contributed by atoms with Crippen molar-refractivity contribution in [3.63, 3.8) is 0 Å². The standard InChI is InChI=1S/C11H8O3/c1-7-3-2-4-9-10(7)11(13)8(5-12)6-14-9/h2-6H,1H3. The van der Waals surface area contributed by atoms with Gasteiger partial charge in [-0.05, 0) is 18.6 Å². The average Bonchev–Trinajstić information content (AvgIpc) is 2.18. The smallest absolute Gasteiger partial charge is 0.203 e. The number of hydrogen-bond donors (Lipinski definition) is 0. The van der Waals surface area contributed by atoms with Gasteiger partial charge in [0.05, 0.1) is 10.9 Å². The molecule has 0 aliphatic rings. The van der Waals surface area contributed by atoms with E-state index >= 15 is 0 Å². The van der Waals surface area contributed by atoms with E-state index in [2.05, 4.69) is 0 Å². The van der Waals surface area contributed by atoms with Gasteiger partial charge in [-0.2, -0.15) is 0 Å². The van der Waals surface area contributed by atoms with Crippen molar-refractivity contribution < 1.29 is 9.21 Å². The molecule has 2 aromatic rings. The van der Waals surface area contributed by atoms with E-state index in [0.717, 1.165) is 5.56 Å². The third-order valence-electron chi connectivity index (χ3n) is 2.16. The van der Waals surface area contributed by atoms with Crippen LogP contribution in [0.15, 0.2) is 33.7 Å². The molecule has 14 heavy (non-hydrogen) atoms. The zero-order chi connectivity index (χ0) is 10.1. The summed E-state index contributed by atoms with van der Waals surface area (Å²) in [6, 6.07) is 5.33. The van der Waals surface area contributed by atoms with E-state index in [1.54, 1.807) is 12.1 Å². The highest BCUT2D eigenvalue weighted by Gasteiger charge is 2.07. The summed E-state index contributed by atoms with van der Waals surface area (Å²) >= 11 is 0. The predicted molar refractivity (Wildman–Crippen MR) is 52.6 cm³/mol. The molecule has 0 N–H and O–H groups in total. The summed E-state index contributed by atoms with van der Waals surface area (Å²) < 4.78 is 5.16. The van der Waals surface area contributed by atoms with Gasteiger partial charge >= 0.3 is 0 Å². The Morgan fingerprint density at radius 1 is 1.36 bits per heavy atom. The van der Waals surface area contributed by atoms with Crippen LogP contribution >= 0.6 is 0 Å². The zero-order valence-electron chi connectivity index (χ0n) is 7.61. The Morgan fingerprint density at radius 3 is 2.86 bits per heavy atom. The SMILES string of the molecule is Cc1cccc2occ(C=O)c(=O)c12. The lowest BCUT2D eigenvalue weighted by molar-refractivity contribution is 0.112. The number of fused-ring (bicyclic) bond motifs is 1. The van der Waals surface area contributed by atoms with Crippen LogP contribution < -0.4 is 5.43 Å². The van der Waals surface area contributed by atoms with Gasteiger partial charge in [0.1, 0.15) is 11.8 Å². The Hall–Kier alpha value is -1.90. The van der Waals surface area contributed by atoms with Gasteiger partial charge in [0.2, 0.25) is 5.43 Å². The lowest BCUT2D eigenvalue weighted by Gasteiger charge is -1.99. The topological polar surface area (TPSA) is 47.3 Å². The molecule has 0 bridgehead atoms. The molecule has 1 aromatic heterocycles. The van der Waals surface area contributed by atoms with Crippen molar-refractivity contribution in [2.24, 2.45) is 0 Å². The summed E-state index contributed by atoms with van der Waals surface area (Å²) in [6.07, 6.45) is 1.70. The molecule has 1 aromatic carbocycles. The van der Waals surface area contributed by atoms with Crippen LogP contribution in [0.2, 0.25) is 0 Å². The molecule has 0 unspecified atom stereocenters. The molecule has 0 fully saturated rings. The van der Waals surface area contributed by atoms with Crippen molar-refractivity contribution in [3.05, 3.63) is 45.8 Å². The van der Waals surface area contributed by atoms with Crippen LogP contribution in [0.4, 0.5) is 0 Å². The van der Waals surface area contributed by atoms with Gasteiger partial charge in [0.25, 0.3) is 0 Å². The molecule has 0 saturated heterocycles. The normalized spacial score (nSPS) is 10.4. The van der Waals surface area contributed by atoms with Gasteiger partial charge in [0.15, 0.2) is 6.29 Å². The molecule has 70 valence electrons. The Labute approximate surface area is 80.0 Å². The summed E-state index contributed by atoms with van der Waals surface area (Å²) in [5.74, 6) is 0. The fourth-order valence-corrected chi connectivity index (χ4v) is 1.44. The van der Waals surface area contributed by atoms with Crippen LogP contribution in [0.5, 0.6) is 0 Å². The number of rotatable bonds is 1. The van der Waals surface area contributed by atoms with Crippen molar-refractivity contribution in [2.45, 2.75) is 6.92 Å². The molecule has 0 atom stereocenters. The van der Waals surface area contributed by atoms with E-state index < -0.39 is 0 Å². The van der Waals surface area contributed by atoms with Gasteiger partial charge in [0, 0.05) is 0 Å². The van der Waals surface area contributed by atoms with E-state index in [4.69, 9.17) is 4.42 Å². The number of benzene rings is 1. The summed E-state index contributed by atoms with van der Waals surface area (Å²) in [6.45, 7) is 1.81. The zero-order valence-corrected chi connectivity index (χ0v) is 7.61. The Kier molecular flexibility index (Phi) is 1.93. The van der Waals surface area contributed by atoms with E-state index in [-0.39, 0.29) is 11.0 Å². The Balaban J connectivity index is 3.01. The molecule has 3 heteroatoms. The first-order valence-corrected chi connectivity index (χ1v) is 4.20. The molecule has 0 aliphatic heterocycles. The summed E-state index contributed by atoms with van der Waals surface area (Å²) in [5, 5.41) is 0.483. The highest BCUT2D eigenvalue weighted by atomic mass is 16.3. The van der Waals surface area contributed by atoms with Gasteiger partial charge in [-0.1, -0.05) is 12.1 Å². The van der Waals surface area contributed by atoms with Crippen LogP contribution in [0.25, 0.3) is 11.0 Å². The van der Waals surface area contributed by atoms with Crippen LogP contribution in [0.1, 0.15) is 15.9 Å². The van der Waals surface area contributed by atoms with Crippen LogP contribution in [0.3, 0.4) is 0 Å². The third kappa shape index (κ3) is 1.14. The van der Waals surface area contributed by atoms with Crippen LogP contribution in [-0.2, 0) is 0 Å². The van der Waals surface area contributed by atoms with Crippen LogP contribution in [-0.4, -0.2) is 6.29 Å². The molecule has 3 nitrogen and oxygen atoms in total. The van der Waals surface area contributed by atoms with E-state index in [0.29, 0.717) is 17.3 Å². The predicted octanol–water partition coefficient (Wildman–Crippen LogP) is 1.91. The van der Waals surface area contributed by atoms with Crippen molar-refractivity contribution in [2.75, 3.05) is 0 Å². The molecule has 1 heterocycles. The van der Waals surface area contributed by atoms with Crippen molar-refractivity contribution in [3.8, 4) is 0 Å². The molecule has 0 radical (unpaired) electrons. The maximum atomic E-state index is 11.7. The molecular formula is C11H8O3. The highest BCUT2D eigenvalue weighted by Crippen LogP contribution is 2.14. The first-order chi connectivity index (χ1) is 6.74. The minimum atomic E-state index is -0.264. The maximum Gasteiger partial charge on any atom is 0.203 e. The average molecular weight is 188 g/mol. The summed E-state index contributed by atoms with van der Waals surface area (Å²) in [4.78, 5) is 22.2. The fraction of sp³-hybridized carbons (Fsp3) is 0.0909. The number of aryl methyl sites for hydroxylation is 1. The van der Waals surface area contributed by atoms with Gasteiger partial charge in [-0.15, -0.1) is 0 Å². The second-order valence-electron chi connectivity index (χ2n) is 3.09. The monoisotopic (exact) mass is 188 g/mol. The molecule has 0 aliphatic carbocycles. The summed E-state index contributed by atoms with van der Waals surface area (Å²) in [7, 11) is 0. The Morgan fingerprint density at radius 2 is 2.14 bits per heavy atom. The lowest BCUT2D eigenvalue weighted by Crippen LogP contribution is -2.08. The molecule has 2 rings (SSSR count). The molecule has 0 amide bonds. The van der Waals surface area contributed by atoms with E-state index in [1.807, 2.05) is 13.0 Å². The second kappa shape index (κ2) is 3.10. The first-order valence-electron chi connectivity index (χ1n) is 4.20. The quantitative estimate of drug-likeness (QED) is 0.642. The van der Waals surface area contributed by atoms with Gasteiger partial charge in [-0.25, -0.2) is 0 Å². The van der Waals surface area contributed by atoms with E-state index in [1.165, 1.54) is 6.26 Å². The first kappa shape index (κ1) is 8.69. The second-order valence-corrected chi connectivity index (χ2v) is 3.09. The number of hydrogen-bond acceptors (Lipinski definition) is 3. The van der Waals surface area contributed by atoms with Crippen LogP contribution in [0, 0.1) is 6.92 Å². The number of aldehydes is 1. The van der Waals surface area contributed by atoms with Crippen molar-refractivity contribution in [1.29, 1.82) is 0 Å². The maximum absolute atomic E-state index is 11.7. The summed E-state index contributed by atoms with van der Waals surface area (Å²) in [5.41, 5.74) is 1.13. The molecular weight excluding hydrogens is 180 g/mol. The molecule has 0 spiro atoms. The number of carbonyl (C=O) groups excluding carboxylic acids is 1. The van der Waals surface area contributed by atoms with Gasteiger partial charge in [-0.3, -0.25) is 9.59 Å². The largest absolute Gasteiger partial charge is 0.463 e. The van der Waals surface area contributed by atoms with Gasteiger partial charge < -0.3 is 4.42 Å². The third-order valence-corrected chi connectivity index (χ3v) is 2.16. The number of carbonyl (C=O) groups is 1. The minimum absolute atomic E-state index is 0.0619. The van der Waals surface area contributed by atoms with Crippen molar-refractivity contribution >= 4 is 17.3 Å². The lowest BCUT2D eigenvalue weighted by atomic mass is 10.1. The molecule has 0 saturated carbocycles. The minimum Gasteiger partial charge on any atom is -0.463 e.